The van der Waals surface area contributed by atoms with Crippen molar-refractivity contribution in [3.8, 4) is 0 Å². The molecule has 1 aliphatic rings. The Labute approximate surface area is 146 Å². The lowest BCUT2D eigenvalue weighted by atomic mass is 9.97. The van der Waals surface area contributed by atoms with E-state index >= 15 is 0 Å². The minimum Gasteiger partial charge on any atom is -0.314 e. The highest BCUT2D eigenvalue weighted by molar-refractivity contribution is 5.85. The Bertz CT molecular complexity index is 554. The number of hydrogen-bond donors (Lipinski definition) is 1. The molecule has 1 fully saturated rings. The van der Waals surface area contributed by atoms with Crippen molar-refractivity contribution in [2.75, 3.05) is 26.2 Å². The van der Waals surface area contributed by atoms with Crippen molar-refractivity contribution in [3.05, 3.63) is 35.1 Å². The van der Waals surface area contributed by atoms with Crippen LogP contribution in [0.15, 0.2) is 18.2 Å². The Morgan fingerprint density at radius 1 is 1.04 bits per heavy atom. The summed E-state index contributed by atoms with van der Waals surface area (Å²) in [5.74, 6) is -1.13. The molecule has 0 spiro atoms. The van der Waals surface area contributed by atoms with Crippen LogP contribution >= 0.6 is 12.4 Å². The predicted octanol–water partition coefficient (Wildman–Crippen LogP) is 4.56. The average molecular weight is 395 g/mol. The molecule has 2 rings (SSSR count). The second kappa shape index (κ2) is 8.55. The molecule has 0 aliphatic carbocycles. The van der Waals surface area contributed by atoms with Gasteiger partial charge in [-0.1, -0.05) is 6.07 Å². The van der Waals surface area contributed by atoms with E-state index in [0.717, 1.165) is 6.07 Å². The first kappa shape index (κ1) is 22.0. The molecule has 1 aliphatic heterocycles. The molecule has 1 aromatic rings. The molecule has 0 saturated carbocycles. The van der Waals surface area contributed by atoms with Gasteiger partial charge >= 0.3 is 12.4 Å². The van der Waals surface area contributed by atoms with Crippen molar-refractivity contribution in [2.24, 2.45) is 0 Å². The fraction of sp³-hybridized carbons (Fsp3) is 0.600. The molecule has 0 unspecified atom stereocenters. The SMILES string of the molecule is Cl.Fc1cc(C(F)(F)F)ccc1[C@H](CCC(F)(F)F)N1CCNCC1. The maximum Gasteiger partial charge on any atom is 0.416 e. The summed E-state index contributed by atoms with van der Waals surface area (Å²) in [6, 6.07) is 1.09. The van der Waals surface area contributed by atoms with E-state index in [1.807, 2.05) is 0 Å². The quantitative estimate of drug-likeness (QED) is 0.753. The zero-order valence-electron chi connectivity index (χ0n) is 13.1. The van der Waals surface area contributed by atoms with Gasteiger partial charge in [0.2, 0.25) is 0 Å². The first-order valence-electron chi connectivity index (χ1n) is 7.46. The van der Waals surface area contributed by atoms with Gasteiger partial charge in [-0.05, 0) is 18.6 Å². The maximum absolute atomic E-state index is 14.2. The third kappa shape index (κ3) is 6.31. The molecule has 1 saturated heterocycles. The lowest BCUT2D eigenvalue weighted by molar-refractivity contribution is -0.138. The molecule has 0 radical (unpaired) electrons. The molecule has 0 bridgehead atoms. The molecule has 1 heterocycles. The van der Waals surface area contributed by atoms with Crippen molar-refractivity contribution in [1.29, 1.82) is 0 Å². The van der Waals surface area contributed by atoms with Crippen LogP contribution in [0.25, 0.3) is 0 Å². The Hall–Kier alpha value is -1.06. The van der Waals surface area contributed by atoms with Crippen molar-refractivity contribution in [2.45, 2.75) is 31.2 Å². The number of nitrogens with one attached hydrogen (secondary N) is 1. The average Bonchev–Trinajstić information content (AvgIpc) is 2.48. The van der Waals surface area contributed by atoms with E-state index < -0.39 is 42.6 Å². The molecular weight excluding hydrogens is 377 g/mol. The molecule has 10 heteroatoms. The number of alkyl halides is 6. The number of hydrogen-bond acceptors (Lipinski definition) is 2. The minimum atomic E-state index is -4.70. The Balaban J connectivity index is 0.00000312. The summed E-state index contributed by atoms with van der Waals surface area (Å²) >= 11 is 0. The largest absolute Gasteiger partial charge is 0.416 e. The van der Waals surface area contributed by atoms with E-state index in [9.17, 15) is 30.7 Å². The number of benzene rings is 1. The molecular formula is C15H18ClF7N2. The predicted molar refractivity (Wildman–Crippen MR) is 81.1 cm³/mol. The van der Waals surface area contributed by atoms with Crippen LogP contribution in [0, 0.1) is 5.82 Å². The number of nitrogens with zero attached hydrogens (tertiary/aromatic N) is 1. The summed E-state index contributed by atoms with van der Waals surface area (Å²) < 4.78 is 89.7. The van der Waals surface area contributed by atoms with Crippen LogP contribution in [0.1, 0.15) is 30.0 Å². The zero-order chi connectivity index (χ0) is 18.0. The van der Waals surface area contributed by atoms with Crippen LogP contribution in [-0.2, 0) is 6.18 Å². The monoisotopic (exact) mass is 394 g/mol. The summed E-state index contributed by atoms with van der Waals surface area (Å²) in [5.41, 5.74) is -1.28. The third-order valence-electron chi connectivity index (χ3n) is 3.98. The fourth-order valence-corrected chi connectivity index (χ4v) is 2.80. The van der Waals surface area contributed by atoms with Gasteiger partial charge in [0, 0.05) is 44.2 Å². The van der Waals surface area contributed by atoms with E-state index in [4.69, 9.17) is 0 Å². The number of rotatable bonds is 4. The second-order valence-electron chi connectivity index (χ2n) is 5.69. The zero-order valence-corrected chi connectivity index (χ0v) is 13.9. The third-order valence-corrected chi connectivity index (χ3v) is 3.98. The van der Waals surface area contributed by atoms with E-state index in [-0.39, 0.29) is 18.0 Å². The van der Waals surface area contributed by atoms with Gasteiger partial charge in [0.1, 0.15) is 5.82 Å². The minimum absolute atomic E-state index is 0. The van der Waals surface area contributed by atoms with Gasteiger partial charge in [-0.25, -0.2) is 4.39 Å². The van der Waals surface area contributed by atoms with Gasteiger partial charge in [-0.3, -0.25) is 4.90 Å². The van der Waals surface area contributed by atoms with Crippen molar-refractivity contribution < 1.29 is 30.7 Å². The van der Waals surface area contributed by atoms with Gasteiger partial charge in [0.25, 0.3) is 0 Å². The fourth-order valence-electron chi connectivity index (χ4n) is 2.80. The summed E-state index contributed by atoms with van der Waals surface area (Å²) in [6.45, 7) is 1.88. The molecule has 2 nitrogen and oxygen atoms in total. The number of halogens is 8. The maximum atomic E-state index is 14.2. The van der Waals surface area contributed by atoms with Crippen molar-refractivity contribution >= 4 is 12.4 Å². The molecule has 144 valence electrons. The topological polar surface area (TPSA) is 15.3 Å². The smallest absolute Gasteiger partial charge is 0.314 e. The van der Waals surface area contributed by atoms with Gasteiger partial charge < -0.3 is 5.32 Å². The summed E-state index contributed by atoms with van der Waals surface area (Å²) in [6.07, 6.45) is -10.6. The Kier molecular flexibility index (Phi) is 7.52. The van der Waals surface area contributed by atoms with E-state index in [0.29, 0.717) is 38.3 Å². The van der Waals surface area contributed by atoms with Crippen LogP contribution in [-0.4, -0.2) is 37.3 Å². The lowest BCUT2D eigenvalue weighted by Crippen LogP contribution is -2.45. The van der Waals surface area contributed by atoms with Crippen molar-refractivity contribution in [1.82, 2.24) is 10.2 Å². The van der Waals surface area contributed by atoms with E-state index in [1.165, 1.54) is 0 Å². The van der Waals surface area contributed by atoms with Crippen LogP contribution in [0.3, 0.4) is 0 Å². The first-order valence-corrected chi connectivity index (χ1v) is 7.46. The molecule has 0 amide bonds. The van der Waals surface area contributed by atoms with Crippen LogP contribution < -0.4 is 5.32 Å². The molecule has 25 heavy (non-hydrogen) atoms. The lowest BCUT2D eigenvalue weighted by Gasteiger charge is -2.35. The normalized spacial score (nSPS) is 17.9. The number of piperazine rings is 1. The summed E-state index contributed by atoms with van der Waals surface area (Å²) in [4.78, 5) is 1.67. The molecule has 1 N–H and O–H groups in total. The van der Waals surface area contributed by atoms with E-state index in [1.54, 1.807) is 4.90 Å². The van der Waals surface area contributed by atoms with Crippen molar-refractivity contribution in [3.63, 3.8) is 0 Å². The van der Waals surface area contributed by atoms with E-state index in [2.05, 4.69) is 5.32 Å². The first-order chi connectivity index (χ1) is 11.1. The molecule has 0 aromatic heterocycles. The van der Waals surface area contributed by atoms with Gasteiger partial charge in [-0.2, -0.15) is 26.3 Å². The summed E-state index contributed by atoms with van der Waals surface area (Å²) in [5, 5.41) is 3.03. The highest BCUT2D eigenvalue weighted by Gasteiger charge is 2.34. The Morgan fingerprint density at radius 3 is 2.12 bits per heavy atom. The highest BCUT2D eigenvalue weighted by atomic mass is 35.5. The van der Waals surface area contributed by atoms with Gasteiger partial charge in [0.05, 0.1) is 5.56 Å². The molecule has 1 atom stereocenters. The van der Waals surface area contributed by atoms with Crippen LogP contribution in [0.4, 0.5) is 30.7 Å². The van der Waals surface area contributed by atoms with Crippen LogP contribution in [0.2, 0.25) is 0 Å². The van der Waals surface area contributed by atoms with Gasteiger partial charge in [-0.15, -0.1) is 12.4 Å². The van der Waals surface area contributed by atoms with Crippen LogP contribution in [0.5, 0.6) is 0 Å². The molecule has 1 aromatic carbocycles. The van der Waals surface area contributed by atoms with Gasteiger partial charge in [0.15, 0.2) is 0 Å². The highest BCUT2D eigenvalue weighted by Crippen LogP contribution is 2.36. The Morgan fingerprint density at radius 2 is 1.64 bits per heavy atom. The standard InChI is InChI=1S/C15H17F7N2.ClH/c16-12-9-10(15(20,21)22)1-2-11(12)13(3-4-14(17,18)19)24-7-5-23-6-8-24;/h1-2,9,13,23H,3-8H2;1H/t13-;/m0./s1. The summed E-state index contributed by atoms with van der Waals surface area (Å²) in [7, 11) is 0. The second-order valence-corrected chi connectivity index (χ2v) is 5.69.